The van der Waals surface area contributed by atoms with E-state index < -0.39 is 5.97 Å². The zero-order valence-electron chi connectivity index (χ0n) is 10.6. The normalized spacial score (nSPS) is 10.5. The van der Waals surface area contributed by atoms with Crippen molar-refractivity contribution >= 4 is 28.5 Å². The summed E-state index contributed by atoms with van der Waals surface area (Å²) in [5.41, 5.74) is 0.601. The number of carbonyl (C=O) groups is 1. The molecule has 0 aliphatic heterocycles. The summed E-state index contributed by atoms with van der Waals surface area (Å²) >= 11 is 6.16. The largest absolute Gasteiger partial charge is 0.494 e. The summed E-state index contributed by atoms with van der Waals surface area (Å²) in [6.07, 6.45) is 0. The highest BCUT2D eigenvalue weighted by atomic mass is 35.5. The number of esters is 1. The second-order valence-corrected chi connectivity index (χ2v) is 4.07. The maximum absolute atomic E-state index is 11.6. The minimum atomic E-state index is -0.573. The van der Waals surface area contributed by atoms with E-state index in [0.717, 1.165) is 0 Å². The highest BCUT2D eigenvalue weighted by Gasteiger charge is 2.17. The molecule has 2 rings (SSSR count). The van der Waals surface area contributed by atoms with Crippen LogP contribution in [-0.2, 0) is 4.74 Å². The summed E-state index contributed by atoms with van der Waals surface area (Å²) in [7, 11) is 0. The number of hydrogen-bond donors (Lipinski definition) is 0. The van der Waals surface area contributed by atoms with Crippen molar-refractivity contribution in [3.05, 3.63) is 28.9 Å². The van der Waals surface area contributed by atoms with Crippen LogP contribution >= 0.6 is 11.6 Å². The number of halogens is 1. The van der Waals surface area contributed by atoms with Gasteiger partial charge in [0.25, 0.3) is 0 Å². The fraction of sp³-hybridized carbons (Fsp3) is 0.308. The van der Waals surface area contributed by atoms with E-state index in [1.165, 1.54) is 0 Å². The molecule has 0 aliphatic carbocycles. The second-order valence-electron chi connectivity index (χ2n) is 3.70. The van der Waals surface area contributed by atoms with Crippen molar-refractivity contribution in [3.63, 3.8) is 0 Å². The van der Waals surface area contributed by atoms with Gasteiger partial charge in [0.1, 0.15) is 5.75 Å². The van der Waals surface area contributed by atoms with Gasteiger partial charge in [0.05, 0.1) is 23.8 Å². The van der Waals surface area contributed by atoms with Crippen LogP contribution in [0.25, 0.3) is 10.9 Å². The minimum Gasteiger partial charge on any atom is -0.494 e. The molecule has 2 aromatic rings. The lowest BCUT2D eigenvalue weighted by Crippen LogP contribution is -2.09. The molecular weight excluding hydrogens is 268 g/mol. The molecule has 5 nitrogen and oxygen atoms in total. The molecule has 0 atom stereocenters. The number of hydrogen-bond acceptors (Lipinski definition) is 5. The van der Waals surface area contributed by atoms with Gasteiger partial charge in [-0.1, -0.05) is 11.6 Å². The molecule has 100 valence electrons. The number of benzene rings is 1. The van der Waals surface area contributed by atoms with Crippen LogP contribution in [0.2, 0.25) is 5.02 Å². The summed E-state index contributed by atoms with van der Waals surface area (Å²) in [5.74, 6) is 0.111. The Labute approximate surface area is 115 Å². The Kier molecular flexibility index (Phi) is 4.16. The molecule has 1 aromatic heterocycles. The lowest BCUT2D eigenvalue weighted by atomic mass is 10.2. The van der Waals surface area contributed by atoms with Gasteiger partial charge in [-0.05, 0) is 26.0 Å². The van der Waals surface area contributed by atoms with Crippen molar-refractivity contribution in [1.82, 2.24) is 10.2 Å². The SMILES string of the molecule is CCOC(=O)c1nnc2cc(OCC)ccc2c1Cl. The van der Waals surface area contributed by atoms with Gasteiger partial charge in [-0.3, -0.25) is 0 Å². The van der Waals surface area contributed by atoms with E-state index in [1.807, 2.05) is 6.92 Å². The lowest BCUT2D eigenvalue weighted by molar-refractivity contribution is 0.0518. The Bertz CT molecular complexity index is 616. The first kappa shape index (κ1) is 13.5. The van der Waals surface area contributed by atoms with Crippen LogP contribution in [0.5, 0.6) is 5.75 Å². The zero-order valence-corrected chi connectivity index (χ0v) is 11.4. The number of nitrogens with zero attached hydrogens (tertiary/aromatic N) is 2. The van der Waals surface area contributed by atoms with E-state index >= 15 is 0 Å². The van der Waals surface area contributed by atoms with Crippen LogP contribution in [-0.4, -0.2) is 29.4 Å². The standard InChI is InChI=1S/C13H13ClN2O3/c1-3-18-8-5-6-9-10(7-8)15-16-12(11(9)14)13(17)19-4-2/h5-7H,3-4H2,1-2H3. The van der Waals surface area contributed by atoms with Crippen LogP contribution in [0.1, 0.15) is 24.3 Å². The maximum atomic E-state index is 11.6. The third-order valence-corrected chi connectivity index (χ3v) is 2.83. The molecule has 0 saturated carbocycles. The topological polar surface area (TPSA) is 61.3 Å². The molecule has 0 aliphatic rings. The van der Waals surface area contributed by atoms with E-state index in [9.17, 15) is 4.79 Å². The van der Waals surface area contributed by atoms with Crippen molar-refractivity contribution in [2.75, 3.05) is 13.2 Å². The van der Waals surface area contributed by atoms with Crippen LogP contribution in [0.3, 0.4) is 0 Å². The van der Waals surface area contributed by atoms with Crippen LogP contribution in [0.15, 0.2) is 18.2 Å². The van der Waals surface area contributed by atoms with Gasteiger partial charge in [-0.15, -0.1) is 10.2 Å². The van der Waals surface area contributed by atoms with Gasteiger partial charge in [0.15, 0.2) is 5.69 Å². The molecule has 1 aromatic carbocycles. The Hall–Kier alpha value is -1.88. The van der Waals surface area contributed by atoms with Gasteiger partial charge in [-0.25, -0.2) is 4.79 Å². The molecule has 0 radical (unpaired) electrons. The fourth-order valence-electron chi connectivity index (χ4n) is 1.64. The lowest BCUT2D eigenvalue weighted by Gasteiger charge is -2.07. The predicted octanol–water partition coefficient (Wildman–Crippen LogP) is 2.86. The predicted molar refractivity (Wildman–Crippen MR) is 71.7 cm³/mol. The van der Waals surface area contributed by atoms with Crippen molar-refractivity contribution in [1.29, 1.82) is 0 Å². The molecular formula is C13H13ClN2O3. The van der Waals surface area contributed by atoms with Crippen LogP contribution < -0.4 is 4.74 Å². The molecule has 0 unspecified atom stereocenters. The van der Waals surface area contributed by atoms with Gasteiger partial charge >= 0.3 is 5.97 Å². The number of carbonyl (C=O) groups excluding carboxylic acids is 1. The molecule has 0 saturated heterocycles. The third-order valence-electron chi connectivity index (χ3n) is 2.45. The molecule has 0 amide bonds. The highest BCUT2D eigenvalue weighted by Crippen LogP contribution is 2.27. The van der Waals surface area contributed by atoms with Crippen molar-refractivity contribution in [2.45, 2.75) is 13.8 Å². The first-order valence-corrected chi connectivity index (χ1v) is 6.31. The summed E-state index contributed by atoms with van der Waals surface area (Å²) in [5, 5.41) is 8.67. The number of ether oxygens (including phenoxy) is 2. The van der Waals surface area contributed by atoms with E-state index in [2.05, 4.69) is 10.2 Å². The monoisotopic (exact) mass is 280 g/mol. The third kappa shape index (κ3) is 2.76. The van der Waals surface area contributed by atoms with E-state index in [-0.39, 0.29) is 17.3 Å². The molecule has 0 fully saturated rings. The Morgan fingerprint density at radius 3 is 2.74 bits per heavy atom. The van der Waals surface area contributed by atoms with E-state index in [4.69, 9.17) is 21.1 Å². The molecule has 6 heteroatoms. The van der Waals surface area contributed by atoms with Gasteiger partial charge in [-0.2, -0.15) is 0 Å². The van der Waals surface area contributed by atoms with Crippen LogP contribution in [0.4, 0.5) is 0 Å². The van der Waals surface area contributed by atoms with Crippen molar-refractivity contribution in [3.8, 4) is 5.75 Å². The molecule has 0 spiro atoms. The van der Waals surface area contributed by atoms with E-state index in [0.29, 0.717) is 23.3 Å². The zero-order chi connectivity index (χ0) is 13.8. The molecule has 0 N–H and O–H groups in total. The van der Waals surface area contributed by atoms with Gasteiger partial charge in [0, 0.05) is 11.5 Å². The number of aromatic nitrogens is 2. The summed E-state index contributed by atoms with van der Waals surface area (Å²) in [6, 6.07) is 5.25. The highest BCUT2D eigenvalue weighted by molar-refractivity contribution is 6.37. The molecule has 1 heterocycles. The first-order valence-electron chi connectivity index (χ1n) is 5.93. The first-order chi connectivity index (χ1) is 9.17. The Morgan fingerprint density at radius 1 is 1.26 bits per heavy atom. The smallest absolute Gasteiger partial charge is 0.360 e. The van der Waals surface area contributed by atoms with Gasteiger partial charge < -0.3 is 9.47 Å². The summed E-state index contributed by atoms with van der Waals surface area (Å²) in [6.45, 7) is 4.44. The molecule has 19 heavy (non-hydrogen) atoms. The second kappa shape index (κ2) is 5.84. The fourth-order valence-corrected chi connectivity index (χ4v) is 1.92. The average Bonchev–Trinajstić information content (AvgIpc) is 2.39. The quantitative estimate of drug-likeness (QED) is 0.806. The average molecular weight is 281 g/mol. The van der Waals surface area contributed by atoms with E-state index in [1.54, 1.807) is 25.1 Å². The number of fused-ring (bicyclic) bond motifs is 1. The number of rotatable bonds is 4. The Morgan fingerprint density at radius 2 is 2.05 bits per heavy atom. The summed E-state index contributed by atoms with van der Waals surface area (Å²) < 4.78 is 10.2. The molecule has 0 bridgehead atoms. The van der Waals surface area contributed by atoms with Gasteiger partial charge in [0.2, 0.25) is 0 Å². The summed E-state index contributed by atoms with van der Waals surface area (Å²) in [4.78, 5) is 11.6. The Balaban J connectivity index is 2.47. The van der Waals surface area contributed by atoms with Crippen molar-refractivity contribution in [2.24, 2.45) is 0 Å². The maximum Gasteiger partial charge on any atom is 0.360 e. The van der Waals surface area contributed by atoms with Crippen LogP contribution in [0, 0.1) is 0 Å². The van der Waals surface area contributed by atoms with Crippen molar-refractivity contribution < 1.29 is 14.3 Å². The minimum absolute atomic E-state index is 0.0279.